The summed E-state index contributed by atoms with van der Waals surface area (Å²) in [6.45, 7) is 7.05. The molecule has 4 aromatic rings. The molecular weight excluding hydrogens is 772 g/mol. The zero-order valence-electron chi connectivity index (χ0n) is 33.3. The summed E-state index contributed by atoms with van der Waals surface area (Å²) in [5.41, 5.74) is 4.99. The molecule has 1 spiro atoms. The lowest BCUT2D eigenvalue weighted by atomic mass is 9.71. The van der Waals surface area contributed by atoms with Gasteiger partial charge in [0, 0.05) is 85.8 Å². The fourth-order valence-corrected chi connectivity index (χ4v) is 10.8. The molecular formula is C47H48F3N5O5. The van der Waals surface area contributed by atoms with Crippen LogP contribution in [0, 0.1) is 28.8 Å². The minimum Gasteiger partial charge on any atom is -0.508 e. The monoisotopic (exact) mass is 819 g/mol. The Morgan fingerprint density at radius 1 is 0.817 bits per heavy atom. The summed E-state index contributed by atoms with van der Waals surface area (Å²) in [5.74, 6) is -3.19. The maximum atomic E-state index is 16.1. The van der Waals surface area contributed by atoms with E-state index in [0.29, 0.717) is 47.0 Å². The molecule has 3 atom stereocenters. The molecule has 13 heteroatoms. The van der Waals surface area contributed by atoms with E-state index in [1.165, 1.54) is 24.3 Å². The number of hydrogen-bond acceptors (Lipinski definition) is 8. The second kappa shape index (κ2) is 15.2. The number of aromatic hydroxyl groups is 1. The van der Waals surface area contributed by atoms with Gasteiger partial charge in [0.25, 0.3) is 5.91 Å². The van der Waals surface area contributed by atoms with Crippen LogP contribution in [-0.4, -0.2) is 91.1 Å². The van der Waals surface area contributed by atoms with E-state index in [-0.39, 0.29) is 47.4 Å². The average Bonchev–Trinajstić information content (AvgIpc) is 3.56. The van der Waals surface area contributed by atoms with E-state index in [1.807, 2.05) is 24.3 Å². The molecule has 0 saturated carbocycles. The minimum absolute atomic E-state index is 0.0270. The van der Waals surface area contributed by atoms with Crippen LogP contribution in [0.15, 0.2) is 72.8 Å². The summed E-state index contributed by atoms with van der Waals surface area (Å²) in [4.78, 5) is 46.0. The van der Waals surface area contributed by atoms with E-state index in [9.17, 15) is 23.9 Å². The predicted octanol–water partition coefficient (Wildman–Crippen LogP) is 6.70. The third-order valence-corrected chi connectivity index (χ3v) is 14.2. The van der Waals surface area contributed by atoms with Crippen LogP contribution in [0.5, 0.6) is 11.5 Å². The van der Waals surface area contributed by atoms with Crippen molar-refractivity contribution < 1.29 is 37.4 Å². The van der Waals surface area contributed by atoms with Crippen LogP contribution < -0.4 is 19.9 Å². The van der Waals surface area contributed by atoms with E-state index in [0.717, 1.165) is 88.8 Å². The summed E-state index contributed by atoms with van der Waals surface area (Å²) in [5, 5.41) is 12.5. The first kappa shape index (κ1) is 38.6. The molecule has 0 bridgehead atoms. The van der Waals surface area contributed by atoms with Crippen LogP contribution in [0.25, 0.3) is 0 Å². The smallest absolute Gasteiger partial charge is 0.255 e. The van der Waals surface area contributed by atoms with Crippen LogP contribution in [-0.2, 0) is 16.1 Å². The maximum Gasteiger partial charge on any atom is 0.255 e. The molecule has 6 heterocycles. The van der Waals surface area contributed by atoms with Crippen molar-refractivity contribution in [2.24, 2.45) is 11.3 Å². The topological polar surface area (TPSA) is 106 Å². The Morgan fingerprint density at radius 3 is 2.38 bits per heavy atom. The number of carbonyl (C=O) groups is 3. The van der Waals surface area contributed by atoms with Crippen molar-refractivity contribution in [2.75, 3.05) is 62.2 Å². The lowest BCUT2D eigenvalue weighted by Gasteiger charge is -2.55. The van der Waals surface area contributed by atoms with E-state index in [2.05, 4.69) is 26.1 Å². The van der Waals surface area contributed by atoms with Crippen LogP contribution in [0.3, 0.4) is 0 Å². The first-order valence-electron chi connectivity index (χ1n) is 21.2. The number of benzene rings is 4. The standard InChI is InChI=1S/C47H48F3N5O5/c48-37-3-1-2-34(44(37)50)36-25-60-41-22-32(56)6-8-35(41)43(36)29-4-9-39(38(49)21-29)53-16-12-28(13-17-53)23-52-18-14-47(15-19-52)26-54(27-47)31-5-7-33-30(20-31)24-55(46(33)59)40-10-11-42(57)51-45(40)58/h1-9,20-22,28,36,40,43,56H,10-19,23-27H2,(H,51,57,58)/t36-,40?,43-/m0/s1. The summed E-state index contributed by atoms with van der Waals surface area (Å²) in [6.07, 6.45) is 4.80. The number of imide groups is 1. The van der Waals surface area contributed by atoms with Gasteiger partial charge in [0.1, 0.15) is 23.4 Å². The van der Waals surface area contributed by atoms with Gasteiger partial charge < -0.3 is 29.4 Å². The molecule has 0 aliphatic carbocycles. The van der Waals surface area contributed by atoms with Crippen molar-refractivity contribution >= 4 is 29.1 Å². The van der Waals surface area contributed by atoms with Crippen molar-refractivity contribution in [3.8, 4) is 11.5 Å². The number of piperidine rings is 3. The van der Waals surface area contributed by atoms with Gasteiger partial charge in [-0.25, -0.2) is 13.2 Å². The second-order valence-corrected chi connectivity index (χ2v) is 17.8. The molecule has 2 N–H and O–H groups in total. The Bertz CT molecular complexity index is 2370. The highest BCUT2D eigenvalue weighted by molar-refractivity contribution is 6.05. The highest BCUT2D eigenvalue weighted by Gasteiger charge is 2.46. The van der Waals surface area contributed by atoms with Gasteiger partial charge in [-0.3, -0.25) is 19.7 Å². The van der Waals surface area contributed by atoms with Gasteiger partial charge in [-0.2, -0.15) is 0 Å². The Labute approximate surface area is 346 Å². The third-order valence-electron chi connectivity index (χ3n) is 14.2. The molecule has 10 nitrogen and oxygen atoms in total. The number of anilines is 2. The molecule has 3 amide bonds. The molecule has 0 aromatic heterocycles. The van der Waals surface area contributed by atoms with E-state index >= 15 is 8.78 Å². The summed E-state index contributed by atoms with van der Waals surface area (Å²) in [7, 11) is 0. The number of amides is 3. The van der Waals surface area contributed by atoms with Crippen molar-refractivity contribution in [3.63, 3.8) is 0 Å². The zero-order chi connectivity index (χ0) is 41.3. The predicted molar refractivity (Wildman–Crippen MR) is 219 cm³/mol. The maximum absolute atomic E-state index is 16.1. The molecule has 0 radical (unpaired) electrons. The third kappa shape index (κ3) is 6.94. The number of carbonyl (C=O) groups excluding carboxylic acids is 3. The lowest BCUT2D eigenvalue weighted by molar-refractivity contribution is -0.136. The Hall–Kier alpha value is -5.56. The Kier molecular flexibility index (Phi) is 9.76. The Morgan fingerprint density at radius 2 is 1.62 bits per heavy atom. The molecule has 4 aromatic carbocycles. The lowest BCUT2D eigenvalue weighted by Crippen LogP contribution is -2.60. The molecule has 6 aliphatic heterocycles. The Balaban J connectivity index is 0.727. The fourth-order valence-electron chi connectivity index (χ4n) is 10.8. The van der Waals surface area contributed by atoms with Crippen molar-refractivity contribution in [1.29, 1.82) is 0 Å². The van der Waals surface area contributed by atoms with Gasteiger partial charge in [-0.05, 0) is 110 Å². The number of ether oxygens (including phenoxy) is 1. The molecule has 4 saturated heterocycles. The number of nitrogens with one attached hydrogen (secondary N) is 1. The van der Waals surface area contributed by atoms with Gasteiger partial charge >= 0.3 is 0 Å². The number of hydrogen-bond donors (Lipinski definition) is 2. The average molecular weight is 820 g/mol. The summed E-state index contributed by atoms with van der Waals surface area (Å²) < 4.78 is 51.5. The number of likely N-dealkylation sites (tertiary alicyclic amines) is 1. The largest absolute Gasteiger partial charge is 0.508 e. The van der Waals surface area contributed by atoms with Crippen LogP contribution in [0.4, 0.5) is 24.5 Å². The molecule has 10 rings (SSSR count). The molecule has 1 unspecified atom stereocenters. The van der Waals surface area contributed by atoms with Gasteiger partial charge in [0.15, 0.2) is 11.6 Å². The second-order valence-electron chi connectivity index (χ2n) is 17.8. The highest BCUT2D eigenvalue weighted by atomic mass is 19.2. The number of halogens is 3. The normalized spacial score (nSPS) is 24.2. The van der Waals surface area contributed by atoms with E-state index in [4.69, 9.17) is 4.74 Å². The number of phenols is 1. The summed E-state index contributed by atoms with van der Waals surface area (Å²) >= 11 is 0. The van der Waals surface area contributed by atoms with Crippen LogP contribution >= 0.6 is 0 Å². The first-order valence-corrected chi connectivity index (χ1v) is 21.2. The minimum atomic E-state index is -0.945. The molecule has 6 aliphatic rings. The molecule has 312 valence electrons. The van der Waals surface area contributed by atoms with Gasteiger partial charge in [0.2, 0.25) is 11.8 Å². The number of nitrogens with zero attached hydrogens (tertiary/aromatic N) is 4. The van der Waals surface area contributed by atoms with E-state index < -0.39 is 35.4 Å². The van der Waals surface area contributed by atoms with E-state index in [1.54, 1.807) is 17.0 Å². The number of phenolic OH excluding ortho intramolecular Hbond substituents is 1. The highest BCUT2D eigenvalue weighted by Crippen LogP contribution is 2.49. The van der Waals surface area contributed by atoms with Crippen molar-refractivity contribution in [3.05, 3.63) is 118 Å². The van der Waals surface area contributed by atoms with Gasteiger partial charge in [-0.1, -0.05) is 24.3 Å². The number of fused-ring (bicyclic) bond motifs is 2. The molecule has 60 heavy (non-hydrogen) atoms. The summed E-state index contributed by atoms with van der Waals surface area (Å²) in [6, 6.07) is 19.4. The quantitative estimate of drug-likeness (QED) is 0.199. The van der Waals surface area contributed by atoms with Gasteiger partial charge in [0.05, 0.1) is 12.3 Å². The fraction of sp³-hybridized carbons (Fsp3) is 0.426. The first-order chi connectivity index (χ1) is 29.0. The van der Waals surface area contributed by atoms with Crippen molar-refractivity contribution in [2.45, 2.75) is 62.9 Å². The zero-order valence-corrected chi connectivity index (χ0v) is 33.3. The molecule has 4 fully saturated rings. The van der Waals surface area contributed by atoms with Crippen molar-refractivity contribution in [1.82, 2.24) is 15.1 Å². The SMILES string of the molecule is O=C1CCC(N2Cc3cc(N4CC5(CCN(CC6CCN(c7ccc([C@H]8c9ccc(O)cc9OC[C@H]8c8cccc(F)c8F)cc7F)CC6)CC5)C4)ccc3C2=O)C(=O)N1. The number of rotatable bonds is 7. The van der Waals surface area contributed by atoms with Gasteiger partial charge in [-0.15, -0.1) is 0 Å². The van der Waals surface area contributed by atoms with Crippen LogP contribution in [0.2, 0.25) is 0 Å². The van der Waals surface area contributed by atoms with Crippen LogP contribution in [0.1, 0.15) is 83.0 Å².